The van der Waals surface area contributed by atoms with Crippen molar-refractivity contribution in [2.75, 3.05) is 53.2 Å². The van der Waals surface area contributed by atoms with Crippen LogP contribution in [0.1, 0.15) is 35.3 Å². The number of thiocarbonyl (C=S) groups is 1. The number of fused-ring (bicyclic) bond motifs is 1. The number of carbonyl (C=O) groups is 1. The number of rotatable bonds is 8. The largest absolute Gasteiger partial charge is 0.489 e. The summed E-state index contributed by atoms with van der Waals surface area (Å²) in [5, 5.41) is 6.98. The van der Waals surface area contributed by atoms with E-state index in [2.05, 4.69) is 70.7 Å². The van der Waals surface area contributed by atoms with Crippen LogP contribution in [0.3, 0.4) is 0 Å². The van der Waals surface area contributed by atoms with E-state index in [9.17, 15) is 4.79 Å². The van der Waals surface area contributed by atoms with Crippen LogP contribution in [0.4, 0.5) is 22.7 Å². The number of anilines is 4. The summed E-state index contributed by atoms with van der Waals surface area (Å²) in [6.45, 7) is 9.37. The van der Waals surface area contributed by atoms with Crippen molar-refractivity contribution >= 4 is 46.0 Å². The summed E-state index contributed by atoms with van der Waals surface area (Å²) >= 11 is 5.52. The lowest BCUT2D eigenvalue weighted by Gasteiger charge is -2.37. The van der Waals surface area contributed by atoms with Crippen LogP contribution in [0.2, 0.25) is 0 Å². The first kappa shape index (κ1) is 29.7. The lowest BCUT2D eigenvalue weighted by Crippen LogP contribution is -2.46. The molecule has 4 aromatic carbocycles. The second-order valence-corrected chi connectivity index (χ2v) is 12.0. The monoisotopic (exact) mass is 605 g/mol. The lowest BCUT2D eigenvalue weighted by atomic mass is 10.1. The van der Waals surface area contributed by atoms with Crippen LogP contribution >= 0.6 is 12.2 Å². The summed E-state index contributed by atoms with van der Waals surface area (Å²) in [5.41, 5.74) is 6.90. The van der Waals surface area contributed by atoms with E-state index in [4.69, 9.17) is 17.0 Å². The van der Waals surface area contributed by atoms with Crippen LogP contribution in [0, 0.1) is 0 Å². The molecule has 7 nitrogen and oxygen atoms in total. The number of nitrogens with one attached hydrogen (secondary N) is 2. The average molecular weight is 606 g/mol. The molecule has 2 aliphatic heterocycles. The van der Waals surface area contributed by atoms with Gasteiger partial charge in [0.05, 0.1) is 11.8 Å². The van der Waals surface area contributed by atoms with Crippen molar-refractivity contribution in [3.05, 3.63) is 114 Å². The Kier molecular flexibility index (Phi) is 9.09. The number of hydrogen-bond donors (Lipinski definition) is 2. The summed E-state index contributed by atoms with van der Waals surface area (Å²) in [6, 6.07) is 32.4. The van der Waals surface area contributed by atoms with Crippen LogP contribution < -0.4 is 25.2 Å². The van der Waals surface area contributed by atoms with E-state index in [1.165, 1.54) is 5.56 Å². The highest BCUT2D eigenvalue weighted by atomic mass is 32.1. The zero-order chi connectivity index (χ0) is 30.5. The van der Waals surface area contributed by atoms with Gasteiger partial charge in [0, 0.05) is 61.9 Å². The Morgan fingerprint density at radius 3 is 2.34 bits per heavy atom. The zero-order valence-electron chi connectivity index (χ0n) is 25.3. The Morgan fingerprint density at radius 2 is 1.55 bits per heavy atom. The second kappa shape index (κ2) is 13.5. The van der Waals surface area contributed by atoms with Crippen molar-refractivity contribution in [2.24, 2.45) is 0 Å². The van der Waals surface area contributed by atoms with Crippen molar-refractivity contribution in [3.63, 3.8) is 0 Å². The van der Waals surface area contributed by atoms with Gasteiger partial charge >= 0.3 is 0 Å². The molecule has 1 fully saturated rings. The summed E-state index contributed by atoms with van der Waals surface area (Å²) in [5.74, 6) is 0.972. The molecule has 4 aromatic rings. The number of hydrogen-bond acceptors (Lipinski definition) is 5. The molecular weight excluding hydrogens is 566 g/mol. The van der Waals surface area contributed by atoms with E-state index in [0.717, 1.165) is 73.2 Å². The van der Waals surface area contributed by atoms with Gasteiger partial charge in [-0.25, -0.2) is 0 Å². The molecular formula is C36H39N5O2S. The van der Waals surface area contributed by atoms with Gasteiger partial charge in [-0.15, -0.1) is 0 Å². The van der Waals surface area contributed by atoms with E-state index < -0.39 is 0 Å². The highest BCUT2D eigenvalue weighted by Gasteiger charge is 2.27. The fourth-order valence-electron chi connectivity index (χ4n) is 5.92. The van der Waals surface area contributed by atoms with Gasteiger partial charge in [0.2, 0.25) is 0 Å². The van der Waals surface area contributed by atoms with Crippen LogP contribution in [-0.2, 0) is 13.0 Å². The molecule has 0 bridgehead atoms. The lowest BCUT2D eigenvalue weighted by molar-refractivity contribution is 0.0989. The average Bonchev–Trinajstić information content (AvgIpc) is 3.45. The molecule has 0 saturated carbocycles. The van der Waals surface area contributed by atoms with Crippen molar-refractivity contribution in [1.29, 1.82) is 0 Å². The van der Waals surface area contributed by atoms with Crippen LogP contribution in [0.5, 0.6) is 5.75 Å². The number of amides is 1. The maximum absolute atomic E-state index is 13.8. The molecule has 2 heterocycles. The minimum atomic E-state index is 0.0271. The molecule has 1 amide bonds. The normalized spacial score (nSPS) is 14.8. The van der Waals surface area contributed by atoms with Gasteiger partial charge in [-0.1, -0.05) is 48.5 Å². The SMILES string of the molecule is CC(C)Oc1ccccc1N1CCN(Cc2cccc(C(=O)N3CCc4ccc(NC(=S)Nc5ccccc5)cc43)c2)CC1. The first-order valence-corrected chi connectivity index (χ1v) is 15.7. The van der Waals surface area contributed by atoms with Gasteiger partial charge in [0.25, 0.3) is 5.91 Å². The number of benzene rings is 4. The Labute approximate surface area is 265 Å². The third-order valence-electron chi connectivity index (χ3n) is 8.04. The van der Waals surface area contributed by atoms with Gasteiger partial charge in [0.15, 0.2) is 5.11 Å². The highest BCUT2D eigenvalue weighted by molar-refractivity contribution is 7.80. The molecule has 0 spiro atoms. The van der Waals surface area contributed by atoms with Crippen molar-refractivity contribution in [3.8, 4) is 5.75 Å². The van der Waals surface area contributed by atoms with Gasteiger partial charge in [-0.05, 0) is 92.1 Å². The van der Waals surface area contributed by atoms with Crippen LogP contribution in [-0.4, -0.2) is 54.7 Å². The molecule has 0 aromatic heterocycles. The number of piperazine rings is 1. The molecule has 1 saturated heterocycles. The standard InChI is InChI=1S/C36H39N5O2S/c1-26(2)43-34-14-7-6-13-32(34)40-21-19-39(20-22-40)25-27-9-8-10-29(23-27)35(42)41-18-17-28-15-16-31(24-33(28)41)38-36(44)37-30-11-4-3-5-12-30/h3-16,23-24,26H,17-22,25H2,1-2H3,(H2,37,38,44). The molecule has 2 N–H and O–H groups in total. The number of ether oxygens (including phenoxy) is 1. The Bertz CT molecular complexity index is 1620. The molecule has 0 unspecified atom stereocenters. The fourth-order valence-corrected chi connectivity index (χ4v) is 6.15. The summed E-state index contributed by atoms with van der Waals surface area (Å²) in [6.07, 6.45) is 0.976. The fraction of sp³-hybridized carbons (Fsp3) is 0.278. The Morgan fingerprint density at radius 1 is 0.795 bits per heavy atom. The van der Waals surface area contributed by atoms with Gasteiger partial charge in [0.1, 0.15) is 5.75 Å². The van der Waals surface area contributed by atoms with Crippen LogP contribution in [0.15, 0.2) is 97.1 Å². The molecule has 44 heavy (non-hydrogen) atoms. The van der Waals surface area contributed by atoms with Crippen molar-refractivity contribution < 1.29 is 9.53 Å². The summed E-state index contributed by atoms with van der Waals surface area (Å²) in [7, 11) is 0. The first-order chi connectivity index (χ1) is 21.4. The predicted octanol–water partition coefficient (Wildman–Crippen LogP) is 6.81. The topological polar surface area (TPSA) is 60.1 Å². The summed E-state index contributed by atoms with van der Waals surface area (Å²) in [4.78, 5) is 20.5. The first-order valence-electron chi connectivity index (χ1n) is 15.3. The Hall–Kier alpha value is -4.40. The van der Waals surface area contributed by atoms with E-state index in [0.29, 0.717) is 17.2 Å². The molecule has 6 rings (SSSR count). The molecule has 0 aliphatic carbocycles. The zero-order valence-corrected chi connectivity index (χ0v) is 26.1. The molecule has 2 aliphatic rings. The number of nitrogens with zero attached hydrogens (tertiary/aromatic N) is 3. The smallest absolute Gasteiger partial charge is 0.258 e. The quantitative estimate of drug-likeness (QED) is 0.214. The predicted molar refractivity (Wildman–Crippen MR) is 184 cm³/mol. The maximum Gasteiger partial charge on any atom is 0.258 e. The highest BCUT2D eigenvalue weighted by Crippen LogP contribution is 2.33. The third-order valence-corrected chi connectivity index (χ3v) is 8.24. The molecule has 226 valence electrons. The van der Waals surface area contributed by atoms with Gasteiger partial charge < -0.3 is 25.2 Å². The van der Waals surface area contributed by atoms with Gasteiger partial charge in [-0.3, -0.25) is 9.69 Å². The van der Waals surface area contributed by atoms with E-state index in [1.54, 1.807) is 0 Å². The molecule has 8 heteroatoms. The van der Waals surface area contributed by atoms with Crippen molar-refractivity contribution in [1.82, 2.24) is 4.90 Å². The van der Waals surface area contributed by atoms with Crippen molar-refractivity contribution in [2.45, 2.75) is 32.9 Å². The maximum atomic E-state index is 13.8. The van der Waals surface area contributed by atoms with E-state index >= 15 is 0 Å². The minimum absolute atomic E-state index is 0.0271. The minimum Gasteiger partial charge on any atom is -0.489 e. The number of carbonyl (C=O) groups excluding carboxylic acids is 1. The molecule has 0 atom stereocenters. The van der Waals surface area contributed by atoms with Crippen LogP contribution in [0.25, 0.3) is 0 Å². The second-order valence-electron chi connectivity index (χ2n) is 11.6. The molecule has 0 radical (unpaired) electrons. The van der Waals surface area contributed by atoms with E-state index in [-0.39, 0.29) is 12.0 Å². The van der Waals surface area contributed by atoms with E-state index in [1.807, 2.05) is 65.6 Å². The summed E-state index contributed by atoms with van der Waals surface area (Å²) < 4.78 is 6.06. The Balaban J connectivity index is 1.08. The van der Waals surface area contributed by atoms with Gasteiger partial charge in [-0.2, -0.15) is 0 Å². The third kappa shape index (κ3) is 7.04. The number of para-hydroxylation sites is 3.